The van der Waals surface area contributed by atoms with Crippen molar-refractivity contribution in [3.8, 4) is 5.75 Å². The maximum Gasteiger partial charge on any atom is 0.255 e. The lowest BCUT2D eigenvalue weighted by Gasteiger charge is -2.31. The Hall–Kier alpha value is -2.41. The number of halogens is 1. The van der Waals surface area contributed by atoms with E-state index < -0.39 is 11.9 Å². The molecule has 1 saturated carbocycles. The number of carbonyl (C=O) groups excluding carboxylic acids is 2. The molecule has 7 heteroatoms. The minimum Gasteiger partial charge on any atom is -0.486 e. The average molecular weight is 416 g/mol. The highest BCUT2D eigenvalue weighted by molar-refractivity contribution is 6.01. The quantitative estimate of drug-likeness (QED) is 0.775. The van der Waals surface area contributed by atoms with Crippen LogP contribution >= 0.6 is 0 Å². The minimum atomic E-state index is -0.551. The summed E-state index contributed by atoms with van der Waals surface area (Å²) in [6, 6.07) is 2.66. The number of hydrogen-bond acceptors (Lipinski definition) is 4. The van der Waals surface area contributed by atoms with Crippen molar-refractivity contribution in [3.05, 3.63) is 41.4 Å². The van der Waals surface area contributed by atoms with Crippen LogP contribution in [-0.2, 0) is 11.3 Å². The van der Waals surface area contributed by atoms with E-state index in [9.17, 15) is 14.0 Å². The Morgan fingerprint density at radius 1 is 1.23 bits per heavy atom. The summed E-state index contributed by atoms with van der Waals surface area (Å²) in [5.41, 5.74) is 1.70. The molecule has 3 atom stereocenters. The Kier molecular flexibility index (Phi) is 5.82. The number of carbonyl (C=O) groups is 2. The smallest absolute Gasteiger partial charge is 0.255 e. The van der Waals surface area contributed by atoms with E-state index in [0.29, 0.717) is 36.2 Å². The van der Waals surface area contributed by atoms with E-state index in [0.717, 1.165) is 32.4 Å². The zero-order valence-electron chi connectivity index (χ0n) is 17.7. The Bertz CT molecular complexity index is 867. The number of nitrogens with zero attached hydrogens (tertiary/aromatic N) is 2. The summed E-state index contributed by atoms with van der Waals surface area (Å²) in [6.07, 6.45) is 4.12. The topological polar surface area (TPSA) is 61.9 Å². The highest BCUT2D eigenvalue weighted by Gasteiger charge is 2.39. The van der Waals surface area contributed by atoms with Gasteiger partial charge in [-0.3, -0.25) is 14.5 Å². The van der Waals surface area contributed by atoms with Gasteiger partial charge in [0.1, 0.15) is 12.1 Å². The highest BCUT2D eigenvalue weighted by Crippen LogP contribution is 2.35. The van der Waals surface area contributed by atoms with Crippen molar-refractivity contribution in [2.75, 3.05) is 13.1 Å². The van der Waals surface area contributed by atoms with Crippen LogP contribution in [0.1, 0.15) is 61.9 Å². The van der Waals surface area contributed by atoms with Gasteiger partial charge in [-0.25, -0.2) is 4.39 Å². The molecular weight excluding hydrogens is 385 g/mol. The molecule has 1 unspecified atom stereocenters. The van der Waals surface area contributed by atoms with Crippen molar-refractivity contribution in [1.82, 2.24) is 15.1 Å². The predicted molar refractivity (Wildman–Crippen MR) is 112 cm³/mol. The fraction of sp³-hybridized carbons (Fsp3) is 0.565. The van der Waals surface area contributed by atoms with Gasteiger partial charge in [-0.2, -0.15) is 0 Å². The van der Waals surface area contributed by atoms with E-state index in [1.807, 2.05) is 0 Å². The number of allylic oxidation sites excluding steroid dienone is 1. The summed E-state index contributed by atoms with van der Waals surface area (Å²) in [7, 11) is 0. The molecule has 0 spiro atoms. The van der Waals surface area contributed by atoms with Crippen LogP contribution in [0.25, 0.3) is 0 Å². The van der Waals surface area contributed by atoms with Crippen LogP contribution in [0.4, 0.5) is 4.39 Å². The van der Waals surface area contributed by atoms with Crippen molar-refractivity contribution in [1.29, 1.82) is 0 Å². The van der Waals surface area contributed by atoms with Gasteiger partial charge < -0.3 is 15.0 Å². The van der Waals surface area contributed by atoms with Crippen LogP contribution in [0.15, 0.2) is 24.4 Å². The standard InChI is InChI=1S/C23H30FN3O3/c1-4-26(5-2)18-7-6-8-20(18)30-21-11-15-13-27(23(29)16(15)12-17(21)24)19-10-9-14(3)25-22(19)28/h11-12,18-20H,3-10,13H2,1-2H3,(H,25,28)/t18-,19?,20-/m1/s1. The molecule has 1 N–H and O–H groups in total. The van der Waals surface area contributed by atoms with E-state index in [2.05, 4.69) is 30.6 Å². The molecule has 162 valence electrons. The number of rotatable bonds is 6. The number of fused-ring (bicyclic) bond motifs is 1. The molecule has 0 aromatic heterocycles. The van der Waals surface area contributed by atoms with E-state index >= 15 is 0 Å². The van der Waals surface area contributed by atoms with Gasteiger partial charge >= 0.3 is 0 Å². The first-order valence-corrected chi connectivity index (χ1v) is 11.0. The number of piperidine rings is 1. The van der Waals surface area contributed by atoms with E-state index in [-0.39, 0.29) is 29.7 Å². The number of benzene rings is 1. The third-order valence-electron chi connectivity index (χ3n) is 6.67. The predicted octanol–water partition coefficient (Wildman–Crippen LogP) is 3.22. The number of nitrogens with one attached hydrogen (secondary N) is 1. The molecule has 1 aromatic rings. The maximum atomic E-state index is 14.9. The first-order chi connectivity index (χ1) is 14.4. The summed E-state index contributed by atoms with van der Waals surface area (Å²) >= 11 is 0. The Morgan fingerprint density at radius 2 is 2.00 bits per heavy atom. The molecule has 4 rings (SSSR count). The number of likely N-dealkylation sites (N-methyl/N-ethyl adjacent to an activating group) is 1. The van der Waals surface area contributed by atoms with E-state index in [1.165, 1.54) is 11.0 Å². The van der Waals surface area contributed by atoms with Crippen LogP contribution in [0.3, 0.4) is 0 Å². The van der Waals surface area contributed by atoms with Gasteiger partial charge in [0.15, 0.2) is 11.6 Å². The van der Waals surface area contributed by atoms with Crippen molar-refractivity contribution in [3.63, 3.8) is 0 Å². The summed E-state index contributed by atoms with van der Waals surface area (Å²) in [5.74, 6) is -0.841. The Balaban J connectivity index is 1.53. The summed E-state index contributed by atoms with van der Waals surface area (Å²) in [4.78, 5) is 29.1. The minimum absolute atomic E-state index is 0.0548. The van der Waals surface area contributed by atoms with Gasteiger partial charge in [0.2, 0.25) is 5.91 Å². The number of amides is 2. The normalized spacial score (nSPS) is 26.3. The van der Waals surface area contributed by atoms with Crippen LogP contribution in [0, 0.1) is 5.82 Å². The van der Waals surface area contributed by atoms with Gasteiger partial charge in [-0.15, -0.1) is 0 Å². The van der Waals surface area contributed by atoms with Gasteiger partial charge in [0.05, 0.1) is 0 Å². The molecule has 30 heavy (non-hydrogen) atoms. The second-order valence-corrected chi connectivity index (χ2v) is 8.40. The molecule has 1 aromatic carbocycles. The molecule has 3 aliphatic rings. The second-order valence-electron chi connectivity index (χ2n) is 8.40. The molecular formula is C23H30FN3O3. The number of ether oxygens (including phenoxy) is 1. The first-order valence-electron chi connectivity index (χ1n) is 11.0. The van der Waals surface area contributed by atoms with Gasteiger partial charge in [0.25, 0.3) is 5.91 Å². The third kappa shape index (κ3) is 3.71. The summed E-state index contributed by atoms with van der Waals surface area (Å²) in [6.45, 7) is 10.2. The maximum absolute atomic E-state index is 14.9. The molecule has 1 aliphatic carbocycles. The fourth-order valence-corrected chi connectivity index (χ4v) is 5.05. The molecule has 2 amide bonds. The van der Waals surface area contributed by atoms with Crippen molar-refractivity contribution < 1.29 is 18.7 Å². The zero-order chi connectivity index (χ0) is 21.4. The van der Waals surface area contributed by atoms with Crippen LogP contribution in [0.5, 0.6) is 5.75 Å². The molecule has 2 heterocycles. The molecule has 0 bridgehead atoms. The number of hydrogen-bond donors (Lipinski definition) is 1. The lowest BCUT2D eigenvalue weighted by Crippen LogP contribution is -2.49. The Morgan fingerprint density at radius 3 is 2.70 bits per heavy atom. The average Bonchev–Trinajstić information content (AvgIpc) is 3.29. The first kappa shape index (κ1) is 20.8. The molecule has 2 fully saturated rings. The SMILES string of the molecule is C=C1CCC(N2Cc3cc(O[C@@H]4CCC[C@H]4N(CC)CC)c(F)cc3C2=O)C(=O)N1. The Labute approximate surface area is 177 Å². The van der Waals surface area contributed by atoms with Gasteiger partial charge in [-0.05, 0) is 62.9 Å². The van der Waals surface area contributed by atoms with Crippen LogP contribution in [0.2, 0.25) is 0 Å². The monoisotopic (exact) mass is 415 g/mol. The zero-order valence-corrected chi connectivity index (χ0v) is 17.7. The molecule has 0 radical (unpaired) electrons. The lowest BCUT2D eigenvalue weighted by atomic mass is 10.0. The molecule has 1 saturated heterocycles. The fourth-order valence-electron chi connectivity index (χ4n) is 5.05. The van der Waals surface area contributed by atoms with Crippen molar-refractivity contribution in [2.24, 2.45) is 0 Å². The highest BCUT2D eigenvalue weighted by atomic mass is 19.1. The van der Waals surface area contributed by atoms with Gasteiger partial charge in [0, 0.05) is 23.8 Å². The van der Waals surface area contributed by atoms with Crippen LogP contribution in [-0.4, -0.2) is 52.9 Å². The van der Waals surface area contributed by atoms with Gasteiger partial charge in [-0.1, -0.05) is 20.4 Å². The van der Waals surface area contributed by atoms with E-state index in [1.54, 1.807) is 6.07 Å². The van der Waals surface area contributed by atoms with Crippen molar-refractivity contribution >= 4 is 11.8 Å². The summed E-state index contributed by atoms with van der Waals surface area (Å²) in [5, 5.41) is 2.72. The van der Waals surface area contributed by atoms with Crippen LogP contribution < -0.4 is 10.1 Å². The van der Waals surface area contributed by atoms with E-state index in [4.69, 9.17) is 4.74 Å². The summed E-state index contributed by atoms with van der Waals surface area (Å²) < 4.78 is 21.0. The molecule has 2 aliphatic heterocycles. The van der Waals surface area contributed by atoms with Crippen molar-refractivity contribution in [2.45, 2.75) is 70.7 Å². The molecule has 6 nitrogen and oxygen atoms in total. The second kappa shape index (κ2) is 8.38. The third-order valence-corrected chi connectivity index (χ3v) is 6.67. The lowest BCUT2D eigenvalue weighted by molar-refractivity contribution is -0.126. The largest absolute Gasteiger partial charge is 0.486 e.